The molecule has 0 radical (unpaired) electrons. The fourth-order valence-corrected chi connectivity index (χ4v) is 3.49. The van der Waals surface area contributed by atoms with Crippen LogP contribution in [0.3, 0.4) is 0 Å². The summed E-state index contributed by atoms with van der Waals surface area (Å²) in [5, 5.41) is 0. The molecule has 1 heterocycles. The van der Waals surface area contributed by atoms with Crippen LogP contribution in [0.25, 0.3) is 0 Å². The zero-order valence-electron chi connectivity index (χ0n) is 12.6. The summed E-state index contributed by atoms with van der Waals surface area (Å²) in [7, 11) is -3.60. The summed E-state index contributed by atoms with van der Waals surface area (Å²) in [4.78, 5) is 0.240. The third-order valence-electron chi connectivity index (χ3n) is 3.29. The van der Waals surface area contributed by atoms with E-state index in [4.69, 9.17) is 5.73 Å². The van der Waals surface area contributed by atoms with E-state index < -0.39 is 10.0 Å². The van der Waals surface area contributed by atoms with Gasteiger partial charge in [-0.25, -0.2) is 8.42 Å². The highest BCUT2D eigenvalue weighted by Gasteiger charge is 2.18. The van der Waals surface area contributed by atoms with Crippen LogP contribution in [0.2, 0.25) is 0 Å². The van der Waals surface area contributed by atoms with E-state index in [1.165, 1.54) is 0 Å². The Labute approximate surface area is 125 Å². The quantitative estimate of drug-likeness (QED) is 0.890. The molecule has 0 spiro atoms. The molecule has 2 rings (SSSR count). The van der Waals surface area contributed by atoms with Crippen molar-refractivity contribution < 1.29 is 8.42 Å². The van der Waals surface area contributed by atoms with Gasteiger partial charge >= 0.3 is 0 Å². The van der Waals surface area contributed by atoms with Gasteiger partial charge in [0.05, 0.1) is 0 Å². The number of sulfonamides is 1. The molecule has 21 heavy (non-hydrogen) atoms. The number of nitrogens with one attached hydrogen (secondary N) is 1. The predicted octanol–water partition coefficient (Wildman–Crippen LogP) is 2.38. The number of anilines is 1. The van der Waals surface area contributed by atoms with Crippen molar-refractivity contribution in [1.29, 1.82) is 0 Å². The minimum atomic E-state index is -3.60. The summed E-state index contributed by atoms with van der Waals surface area (Å²) >= 11 is 0. The largest absolute Gasteiger partial charge is 0.349 e. The Bertz CT molecular complexity index is 707. The number of hydrogen-bond acceptors (Lipinski definition) is 3. The summed E-state index contributed by atoms with van der Waals surface area (Å²) in [5.41, 5.74) is 9.05. The normalized spacial score (nSPS) is 11.6. The van der Waals surface area contributed by atoms with E-state index in [9.17, 15) is 8.42 Å². The van der Waals surface area contributed by atoms with Crippen molar-refractivity contribution in [2.45, 2.75) is 38.8 Å². The number of nitrogens with two attached hydrogens (primary N) is 1. The third-order valence-corrected chi connectivity index (χ3v) is 4.64. The van der Waals surface area contributed by atoms with Gasteiger partial charge in [0, 0.05) is 30.7 Å². The standard InChI is InChI=1S/C15H21N3O2S/c1-4-18-10-15(8-14(18)9-16)21(19,20)17-13-6-11(2)5-12(3)7-13/h5-8,10,17H,4,9,16H2,1-3H3. The molecule has 1 aromatic carbocycles. The molecule has 0 saturated heterocycles. The van der Waals surface area contributed by atoms with Crippen molar-refractivity contribution in [3.05, 3.63) is 47.3 Å². The molecule has 0 atom stereocenters. The van der Waals surface area contributed by atoms with E-state index in [2.05, 4.69) is 4.72 Å². The van der Waals surface area contributed by atoms with Crippen LogP contribution in [-0.2, 0) is 23.1 Å². The number of benzene rings is 1. The molecule has 114 valence electrons. The van der Waals surface area contributed by atoms with Gasteiger partial charge in [0.1, 0.15) is 4.90 Å². The number of aryl methyl sites for hydroxylation is 3. The number of hydrogen-bond donors (Lipinski definition) is 2. The summed E-state index contributed by atoms with van der Waals surface area (Å²) in [6.45, 7) is 6.82. The van der Waals surface area contributed by atoms with Crippen LogP contribution in [0, 0.1) is 13.8 Å². The summed E-state index contributed by atoms with van der Waals surface area (Å²) < 4.78 is 29.4. The van der Waals surface area contributed by atoms with Gasteiger partial charge in [-0.1, -0.05) is 6.07 Å². The maximum Gasteiger partial charge on any atom is 0.263 e. The zero-order chi connectivity index (χ0) is 15.6. The third kappa shape index (κ3) is 3.46. The van der Waals surface area contributed by atoms with Crippen LogP contribution in [0.15, 0.2) is 35.4 Å². The van der Waals surface area contributed by atoms with Crippen molar-refractivity contribution in [2.75, 3.05) is 4.72 Å². The Balaban J connectivity index is 2.35. The van der Waals surface area contributed by atoms with Gasteiger partial charge in [0.15, 0.2) is 0 Å². The number of nitrogens with zero attached hydrogens (tertiary/aromatic N) is 1. The maximum atomic E-state index is 12.5. The molecule has 0 saturated carbocycles. The molecule has 1 aromatic heterocycles. The summed E-state index contributed by atoms with van der Waals surface area (Å²) in [6, 6.07) is 7.24. The fourth-order valence-electron chi connectivity index (χ4n) is 2.39. The Morgan fingerprint density at radius 3 is 2.24 bits per heavy atom. The minimum absolute atomic E-state index is 0.240. The van der Waals surface area contributed by atoms with Crippen LogP contribution in [-0.4, -0.2) is 13.0 Å². The van der Waals surface area contributed by atoms with Gasteiger partial charge in [-0.05, 0) is 50.1 Å². The highest BCUT2D eigenvalue weighted by atomic mass is 32.2. The molecular formula is C15H21N3O2S. The summed E-state index contributed by atoms with van der Waals surface area (Å²) in [6.07, 6.45) is 1.62. The lowest BCUT2D eigenvalue weighted by molar-refractivity contribution is 0.600. The Morgan fingerprint density at radius 1 is 1.14 bits per heavy atom. The number of aromatic nitrogens is 1. The fraction of sp³-hybridized carbons (Fsp3) is 0.333. The molecule has 3 N–H and O–H groups in total. The van der Waals surface area contributed by atoms with E-state index in [1.807, 2.05) is 43.5 Å². The first kappa shape index (κ1) is 15.6. The lowest BCUT2D eigenvalue weighted by Gasteiger charge is -2.08. The highest BCUT2D eigenvalue weighted by molar-refractivity contribution is 7.92. The Kier molecular flexibility index (Phi) is 4.39. The molecule has 0 bridgehead atoms. The van der Waals surface area contributed by atoms with E-state index in [1.54, 1.807) is 12.3 Å². The smallest absolute Gasteiger partial charge is 0.263 e. The molecule has 0 fully saturated rings. The Morgan fingerprint density at radius 2 is 1.76 bits per heavy atom. The second-order valence-corrected chi connectivity index (χ2v) is 6.82. The topological polar surface area (TPSA) is 77.1 Å². The molecule has 5 nitrogen and oxygen atoms in total. The van der Waals surface area contributed by atoms with E-state index in [-0.39, 0.29) is 4.90 Å². The lowest BCUT2D eigenvalue weighted by Crippen LogP contribution is -2.12. The molecular weight excluding hydrogens is 286 g/mol. The molecule has 0 aliphatic carbocycles. The van der Waals surface area contributed by atoms with Crippen LogP contribution in [0.5, 0.6) is 0 Å². The minimum Gasteiger partial charge on any atom is -0.349 e. The molecule has 0 aliphatic rings. The first-order valence-corrected chi connectivity index (χ1v) is 8.34. The van der Waals surface area contributed by atoms with E-state index in [0.29, 0.717) is 18.8 Å². The van der Waals surface area contributed by atoms with Gasteiger partial charge < -0.3 is 10.3 Å². The average Bonchev–Trinajstić information content (AvgIpc) is 2.80. The first-order valence-electron chi connectivity index (χ1n) is 6.86. The van der Waals surface area contributed by atoms with Crippen molar-refractivity contribution in [2.24, 2.45) is 5.73 Å². The van der Waals surface area contributed by atoms with Gasteiger partial charge in [-0.2, -0.15) is 0 Å². The van der Waals surface area contributed by atoms with Crippen molar-refractivity contribution in [3.8, 4) is 0 Å². The highest BCUT2D eigenvalue weighted by Crippen LogP contribution is 2.20. The van der Waals surface area contributed by atoms with Gasteiger partial charge in [-0.15, -0.1) is 0 Å². The molecule has 0 aliphatic heterocycles. The predicted molar refractivity (Wildman–Crippen MR) is 84.7 cm³/mol. The van der Waals surface area contributed by atoms with E-state index in [0.717, 1.165) is 16.8 Å². The van der Waals surface area contributed by atoms with Gasteiger partial charge in [-0.3, -0.25) is 4.72 Å². The maximum absolute atomic E-state index is 12.5. The summed E-state index contributed by atoms with van der Waals surface area (Å²) in [5.74, 6) is 0. The van der Waals surface area contributed by atoms with Crippen LogP contribution in [0.4, 0.5) is 5.69 Å². The van der Waals surface area contributed by atoms with Crippen molar-refractivity contribution >= 4 is 15.7 Å². The monoisotopic (exact) mass is 307 g/mol. The first-order chi connectivity index (χ1) is 9.85. The average molecular weight is 307 g/mol. The van der Waals surface area contributed by atoms with E-state index >= 15 is 0 Å². The van der Waals surface area contributed by atoms with Crippen LogP contribution >= 0.6 is 0 Å². The van der Waals surface area contributed by atoms with Crippen molar-refractivity contribution in [3.63, 3.8) is 0 Å². The van der Waals surface area contributed by atoms with Crippen molar-refractivity contribution in [1.82, 2.24) is 4.57 Å². The Hall–Kier alpha value is -1.79. The molecule has 0 amide bonds. The van der Waals surface area contributed by atoms with Crippen LogP contribution in [0.1, 0.15) is 23.7 Å². The van der Waals surface area contributed by atoms with Gasteiger partial charge in [0.2, 0.25) is 0 Å². The zero-order valence-corrected chi connectivity index (χ0v) is 13.4. The second-order valence-electron chi connectivity index (χ2n) is 5.14. The lowest BCUT2D eigenvalue weighted by atomic mass is 10.1. The SMILES string of the molecule is CCn1cc(S(=O)(=O)Nc2cc(C)cc(C)c2)cc1CN. The molecule has 2 aromatic rings. The molecule has 0 unspecified atom stereocenters. The van der Waals surface area contributed by atoms with Gasteiger partial charge in [0.25, 0.3) is 10.0 Å². The molecule has 6 heteroatoms. The number of rotatable bonds is 5. The van der Waals surface area contributed by atoms with Crippen LogP contribution < -0.4 is 10.5 Å². The second kappa shape index (κ2) is 5.91.